The summed E-state index contributed by atoms with van der Waals surface area (Å²) in [5, 5.41) is 12.0. The van der Waals surface area contributed by atoms with E-state index in [-0.39, 0.29) is 42.5 Å². The molecule has 1 saturated carbocycles. The van der Waals surface area contributed by atoms with E-state index in [1.165, 1.54) is 22.5 Å². The highest BCUT2D eigenvalue weighted by Gasteiger charge is 2.53. The Morgan fingerprint density at radius 2 is 1.72 bits per heavy atom. The Hall–Kier alpha value is -2.74. The standard InChI is InChI=1S/C22H21BrN4O4S/c23-17-4-2-5-18(14-17)25-20(28)16-3-1-6-19(13-16)32(30,31)27-11-9-26(10-12-27)21(29)22(15-24)7-8-22/h1-6,13-14H,7-12H2,(H,25,28). The minimum Gasteiger partial charge on any atom is -0.339 e. The van der Waals surface area contributed by atoms with Crippen LogP contribution < -0.4 is 5.32 Å². The van der Waals surface area contributed by atoms with E-state index >= 15 is 0 Å². The van der Waals surface area contributed by atoms with Gasteiger partial charge in [0.25, 0.3) is 5.91 Å². The molecule has 0 spiro atoms. The zero-order chi connectivity index (χ0) is 22.9. The van der Waals surface area contributed by atoms with Crippen LogP contribution in [0.1, 0.15) is 23.2 Å². The molecular weight excluding hydrogens is 496 g/mol. The van der Waals surface area contributed by atoms with E-state index in [9.17, 15) is 23.3 Å². The second kappa shape index (κ2) is 8.65. The van der Waals surface area contributed by atoms with Crippen LogP contribution >= 0.6 is 15.9 Å². The molecule has 8 nitrogen and oxygen atoms in total. The van der Waals surface area contributed by atoms with Gasteiger partial charge in [-0.05, 0) is 49.2 Å². The van der Waals surface area contributed by atoms with Crippen molar-refractivity contribution in [1.82, 2.24) is 9.21 Å². The maximum absolute atomic E-state index is 13.1. The van der Waals surface area contributed by atoms with Crippen LogP contribution in [0.3, 0.4) is 0 Å². The van der Waals surface area contributed by atoms with Gasteiger partial charge >= 0.3 is 0 Å². The van der Waals surface area contributed by atoms with E-state index in [0.717, 1.165) is 4.47 Å². The van der Waals surface area contributed by atoms with E-state index in [1.54, 1.807) is 29.2 Å². The summed E-state index contributed by atoms with van der Waals surface area (Å²) >= 11 is 3.34. The largest absolute Gasteiger partial charge is 0.339 e. The summed E-state index contributed by atoms with van der Waals surface area (Å²) < 4.78 is 28.4. The molecule has 2 amide bonds. The average Bonchev–Trinajstić information content (AvgIpc) is 3.60. The Morgan fingerprint density at radius 3 is 2.34 bits per heavy atom. The summed E-state index contributed by atoms with van der Waals surface area (Å²) in [6.07, 6.45) is 1.13. The number of rotatable bonds is 5. The maximum Gasteiger partial charge on any atom is 0.255 e. The number of carbonyl (C=O) groups excluding carboxylic acids is 2. The zero-order valence-corrected chi connectivity index (χ0v) is 19.5. The first kappa shape index (κ1) is 22.5. The molecule has 10 heteroatoms. The van der Waals surface area contributed by atoms with E-state index in [1.807, 2.05) is 6.07 Å². The molecule has 0 radical (unpaired) electrons. The number of amides is 2. The van der Waals surface area contributed by atoms with Gasteiger partial charge in [0.1, 0.15) is 5.41 Å². The van der Waals surface area contributed by atoms with Crippen LogP contribution in [-0.2, 0) is 14.8 Å². The van der Waals surface area contributed by atoms with E-state index in [4.69, 9.17) is 0 Å². The summed E-state index contributed by atoms with van der Waals surface area (Å²) in [5.74, 6) is -0.620. The molecule has 0 atom stereocenters. The van der Waals surface area contributed by atoms with Crippen LogP contribution in [0.4, 0.5) is 5.69 Å². The van der Waals surface area contributed by atoms with Crippen molar-refractivity contribution >= 4 is 43.5 Å². The van der Waals surface area contributed by atoms with Crippen molar-refractivity contribution in [2.24, 2.45) is 5.41 Å². The number of nitrogens with zero attached hydrogens (tertiary/aromatic N) is 3. The van der Waals surface area contributed by atoms with E-state index in [0.29, 0.717) is 18.5 Å². The third kappa shape index (κ3) is 4.41. The Balaban J connectivity index is 1.45. The number of halogens is 1. The Morgan fingerprint density at radius 1 is 1.03 bits per heavy atom. The second-order valence-corrected chi connectivity index (χ2v) is 10.7. The highest BCUT2D eigenvalue weighted by molar-refractivity contribution is 9.10. The van der Waals surface area contributed by atoms with Crippen molar-refractivity contribution < 1.29 is 18.0 Å². The molecule has 4 rings (SSSR count). The molecule has 1 saturated heterocycles. The van der Waals surface area contributed by atoms with Gasteiger partial charge in [0.15, 0.2) is 0 Å². The summed E-state index contributed by atoms with van der Waals surface area (Å²) in [7, 11) is -3.83. The molecule has 1 aliphatic heterocycles. The number of anilines is 1. The van der Waals surface area contributed by atoms with Crippen molar-refractivity contribution in [2.45, 2.75) is 17.7 Å². The third-order valence-electron chi connectivity index (χ3n) is 5.72. The number of benzene rings is 2. The predicted octanol–water partition coefficient (Wildman–Crippen LogP) is 2.84. The minimum atomic E-state index is -3.83. The molecule has 1 N–H and O–H groups in total. The summed E-state index contributed by atoms with van der Waals surface area (Å²) in [5.41, 5.74) is -0.0920. The predicted molar refractivity (Wildman–Crippen MR) is 121 cm³/mol. The minimum absolute atomic E-state index is 0.0230. The van der Waals surface area contributed by atoms with Gasteiger partial charge in [-0.15, -0.1) is 0 Å². The number of carbonyl (C=O) groups is 2. The van der Waals surface area contributed by atoms with Gasteiger partial charge in [-0.2, -0.15) is 9.57 Å². The van der Waals surface area contributed by atoms with Gasteiger partial charge in [-0.3, -0.25) is 9.59 Å². The van der Waals surface area contributed by atoms with Crippen molar-refractivity contribution in [2.75, 3.05) is 31.5 Å². The SMILES string of the molecule is N#CC1(C(=O)N2CCN(S(=O)(=O)c3cccc(C(=O)Nc4cccc(Br)c4)c3)CC2)CC1. The van der Waals surface area contributed by atoms with Gasteiger partial charge < -0.3 is 10.2 Å². The van der Waals surface area contributed by atoms with Crippen LogP contribution in [-0.4, -0.2) is 55.6 Å². The average molecular weight is 517 g/mol. The fourth-order valence-electron chi connectivity index (χ4n) is 3.65. The summed E-state index contributed by atoms with van der Waals surface area (Å²) in [6, 6.07) is 15.1. The zero-order valence-electron chi connectivity index (χ0n) is 17.1. The fraction of sp³-hybridized carbons (Fsp3) is 0.318. The van der Waals surface area contributed by atoms with Crippen molar-refractivity contribution in [3.8, 4) is 6.07 Å². The molecule has 2 aliphatic rings. The lowest BCUT2D eigenvalue weighted by molar-refractivity contribution is -0.136. The van der Waals surface area contributed by atoms with Gasteiger partial charge in [0.05, 0.1) is 11.0 Å². The molecule has 2 aromatic rings. The molecule has 1 heterocycles. The van der Waals surface area contributed by atoms with Crippen molar-refractivity contribution in [3.63, 3.8) is 0 Å². The molecular formula is C22H21BrN4O4S. The Kier molecular flexibility index (Phi) is 6.07. The lowest BCUT2D eigenvalue weighted by atomic mass is 10.1. The second-order valence-electron chi connectivity index (χ2n) is 7.88. The Bertz CT molecular complexity index is 1210. The molecule has 2 aromatic carbocycles. The first-order chi connectivity index (χ1) is 15.2. The maximum atomic E-state index is 13.1. The van der Waals surface area contributed by atoms with Crippen molar-refractivity contribution in [3.05, 3.63) is 58.6 Å². The van der Waals surface area contributed by atoms with Gasteiger partial charge in [-0.25, -0.2) is 8.42 Å². The quantitative estimate of drug-likeness (QED) is 0.656. The number of nitrogens with one attached hydrogen (secondary N) is 1. The van der Waals surface area contributed by atoms with Gasteiger partial charge in [0, 0.05) is 41.9 Å². The van der Waals surface area contributed by atoms with Crippen molar-refractivity contribution in [1.29, 1.82) is 5.26 Å². The number of piperazine rings is 1. The number of nitriles is 1. The molecule has 32 heavy (non-hydrogen) atoms. The molecule has 0 bridgehead atoms. The van der Waals surface area contributed by atoms with Crippen LogP contribution in [0, 0.1) is 16.7 Å². The lowest BCUT2D eigenvalue weighted by Crippen LogP contribution is -2.52. The van der Waals surface area contributed by atoms with E-state index < -0.39 is 21.3 Å². The number of hydrogen-bond acceptors (Lipinski definition) is 5. The molecule has 0 aromatic heterocycles. The smallest absolute Gasteiger partial charge is 0.255 e. The van der Waals surface area contributed by atoms with Crippen LogP contribution in [0.5, 0.6) is 0 Å². The first-order valence-electron chi connectivity index (χ1n) is 10.1. The number of sulfonamides is 1. The van der Waals surface area contributed by atoms with Crippen LogP contribution in [0.15, 0.2) is 57.9 Å². The summed E-state index contributed by atoms with van der Waals surface area (Å²) in [6.45, 7) is 0.767. The normalized spacial score (nSPS) is 17.9. The van der Waals surface area contributed by atoms with E-state index in [2.05, 4.69) is 27.3 Å². The highest BCUT2D eigenvalue weighted by Crippen LogP contribution is 2.46. The summed E-state index contributed by atoms with van der Waals surface area (Å²) in [4.78, 5) is 26.7. The molecule has 1 aliphatic carbocycles. The Labute approximate surface area is 195 Å². The molecule has 0 unspecified atom stereocenters. The fourth-order valence-corrected chi connectivity index (χ4v) is 5.52. The number of hydrogen-bond donors (Lipinski definition) is 1. The first-order valence-corrected chi connectivity index (χ1v) is 12.4. The third-order valence-corrected chi connectivity index (χ3v) is 8.10. The monoisotopic (exact) mass is 516 g/mol. The molecule has 166 valence electrons. The van der Waals surface area contributed by atoms with Gasteiger partial charge in [-0.1, -0.05) is 28.1 Å². The lowest BCUT2D eigenvalue weighted by Gasteiger charge is -2.35. The molecule has 2 fully saturated rings. The topological polar surface area (TPSA) is 111 Å². The van der Waals surface area contributed by atoms with Crippen LogP contribution in [0.2, 0.25) is 0 Å². The van der Waals surface area contributed by atoms with Crippen LogP contribution in [0.25, 0.3) is 0 Å². The van der Waals surface area contributed by atoms with Gasteiger partial charge in [0.2, 0.25) is 15.9 Å². The highest BCUT2D eigenvalue weighted by atomic mass is 79.9.